The van der Waals surface area contributed by atoms with Gasteiger partial charge >= 0.3 is 0 Å². The zero-order valence-corrected chi connectivity index (χ0v) is 15.9. The van der Waals surface area contributed by atoms with Crippen LogP contribution in [0, 0.1) is 5.41 Å². The maximum absolute atomic E-state index is 2.54. The first-order valence-electron chi connectivity index (χ1n) is 8.76. The molecular weight excluding hydrogens is 298 g/mol. The van der Waals surface area contributed by atoms with Gasteiger partial charge in [-0.25, -0.2) is 0 Å². The highest BCUT2D eigenvalue weighted by Gasteiger charge is 2.18. The lowest BCUT2D eigenvalue weighted by Gasteiger charge is -2.32. The number of nitrogens with zero attached hydrogens (tertiary/aromatic N) is 1. The Morgan fingerprint density at radius 1 is 1.17 bits per heavy atom. The zero-order valence-electron chi connectivity index (χ0n) is 15.1. The van der Waals surface area contributed by atoms with E-state index in [0.29, 0.717) is 10.7 Å². The summed E-state index contributed by atoms with van der Waals surface area (Å²) in [6.45, 7) is 11.5. The van der Waals surface area contributed by atoms with Gasteiger partial charge in [0.1, 0.15) is 0 Å². The Morgan fingerprint density at radius 3 is 2.61 bits per heavy atom. The van der Waals surface area contributed by atoms with Crippen LogP contribution in [0.1, 0.15) is 46.1 Å². The van der Waals surface area contributed by atoms with Crippen LogP contribution in [0.5, 0.6) is 0 Å². The van der Waals surface area contributed by atoms with Gasteiger partial charge in [-0.1, -0.05) is 70.2 Å². The standard InChI is InChI=1S/C21H31NS/c1-18(13-14-19-10-6-5-7-11-19)23-20-12-8-9-16-22(20)17-15-21(2,3)4/h5-12,18H,13-17H2,1-4H3/t18-/m1/s1. The van der Waals surface area contributed by atoms with Gasteiger partial charge in [-0.3, -0.25) is 0 Å². The number of allylic oxidation sites excluding steroid dienone is 2. The molecule has 0 saturated heterocycles. The van der Waals surface area contributed by atoms with Crippen LogP contribution in [0.2, 0.25) is 0 Å². The van der Waals surface area contributed by atoms with Crippen molar-refractivity contribution in [3.05, 3.63) is 59.2 Å². The fraction of sp³-hybridized carbons (Fsp3) is 0.524. The van der Waals surface area contributed by atoms with E-state index in [9.17, 15) is 0 Å². The molecule has 0 bridgehead atoms. The Bertz CT molecular complexity index is 525. The SMILES string of the molecule is C[C@H](CCc1ccccc1)SC1=CC=CCN1CCC(C)(C)C. The molecule has 0 fully saturated rings. The highest BCUT2D eigenvalue weighted by molar-refractivity contribution is 8.03. The van der Waals surface area contributed by atoms with Crippen molar-refractivity contribution in [3.63, 3.8) is 0 Å². The van der Waals surface area contributed by atoms with Crippen LogP contribution in [0.25, 0.3) is 0 Å². The van der Waals surface area contributed by atoms with E-state index >= 15 is 0 Å². The second-order valence-corrected chi connectivity index (χ2v) is 9.10. The van der Waals surface area contributed by atoms with Crippen molar-refractivity contribution in [2.24, 2.45) is 5.41 Å². The summed E-state index contributed by atoms with van der Waals surface area (Å²) in [5.74, 6) is 0. The summed E-state index contributed by atoms with van der Waals surface area (Å²) in [6.07, 6.45) is 10.4. The van der Waals surface area contributed by atoms with Gasteiger partial charge in [0.25, 0.3) is 0 Å². The van der Waals surface area contributed by atoms with Crippen molar-refractivity contribution in [2.75, 3.05) is 13.1 Å². The second-order valence-electron chi connectivity index (χ2n) is 7.64. The van der Waals surface area contributed by atoms with Gasteiger partial charge in [0.15, 0.2) is 0 Å². The Hall–Kier alpha value is -1.15. The van der Waals surface area contributed by atoms with E-state index in [4.69, 9.17) is 0 Å². The topological polar surface area (TPSA) is 3.24 Å². The van der Waals surface area contributed by atoms with E-state index in [2.05, 4.69) is 81.2 Å². The molecule has 0 aliphatic carbocycles. The molecule has 126 valence electrons. The van der Waals surface area contributed by atoms with Gasteiger partial charge in [0.2, 0.25) is 0 Å². The molecule has 2 heteroatoms. The Balaban J connectivity index is 1.83. The lowest BCUT2D eigenvalue weighted by molar-refractivity contribution is 0.295. The highest BCUT2D eigenvalue weighted by atomic mass is 32.2. The minimum atomic E-state index is 0.399. The molecule has 1 aliphatic heterocycles. The number of hydrogen-bond acceptors (Lipinski definition) is 2. The maximum atomic E-state index is 2.54. The van der Waals surface area contributed by atoms with E-state index in [1.165, 1.54) is 29.9 Å². The molecule has 1 aromatic rings. The van der Waals surface area contributed by atoms with Crippen LogP contribution in [0.3, 0.4) is 0 Å². The number of rotatable bonds is 7. The largest absolute Gasteiger partial charge is 0.363 e. The maximum Gasteiger partial charge on any atom is 0.0712 e. The molecule has 0 amide bonds. The predicted molar refractivity (Wildman–Crippen MR) is 105 cm³/mol. The van der Waals surface area contributed by atoms with Crippen LogP contribution in [0.15, 0.2) is 53.6 Å². The van der Waals surface area contributed by atoms with E-state index in [-0.39, 0.29) is 0 Å². The molecule has 0 aromatic heterocycles. The fourth-order valence-corrected chi connectivity index (χ4v) is 3.72. The smallest absolute Gasteiger partial charge is 0.0712 e. The molecule has 1 atom stereocenters. The van der Waals surface area contributed by atoms with Crippen molar-refractivity contribution >= 4 is 11.8 Å². The summed E-state index contributed by atoms with van der Waals surface area (Å²) < 4.78 is 0. The van der Waals surface area contributed by atoms with Gasteiger partial charge in [0, 0.05) is 18.3 Å². The van der Waals surface area contributed by atoms with E-state index < -0.39 is 0 Å². The van der Waals surface area contributed by atoms with Crippen LogP contribution in [-0.2, 0) is 6.42 Å². The van der Waals surface area contributed by atoms with Gasteiger partial charge in [0.05, 0.1) is 5.03 Å². The molecular formula is C21H31NS. The lowest BCUT2D eigenvalue weighted by atomic mass is 9.92. The molecule has 1 nitrogen and oxygen atoms in total. The fourth-order valence-electron chi connectivity index (χ4n) is 2.60. The van der Waals surface area contributed by atoms with E-state index in [1.807, 2.05) is 11.8 Å². The second kappa shape index (κ2) is 8.63. The van der Waals surface area contributed by atoms with Crippen LogP contribution in [0.4, 0.5) is 0 Å². The first-order chi connectivity index (χ1) is 10.9. The quantitative estimate of drug-likeness (QED) is 0.613. The first-order valence-corrected chi connectivity index (χ1v) is 9.64. The summed E-state index contributed by atoms with van der Waals surface area (Å²) in [6, 6.07) is 10.8. The monoisotopic (exact) mass is 329 g/mol. The average molecular weight is 330 g/mol. The van der Waals surface area contributed by atoms with Gasteiger partial charge < -0.3 is 4.90 Å². The molecule has 1 aromatic carbocycles. The summed E-state index contributed by atoms with van der Waals surface area (Å²) in [5.41, 5.74) is 1.85. The number of aryl methyl sites for hydroxylation is 1. The third-order valence-electron chi connectivity index (χ3n) is 4.15. The van der Waals surface area contributed by atoms with Crippen LogP contribution in [-0.4, -0.2) is 23.2 Å². The van der Waals surface area contributed by atoms with Crippen molar-refractivity contribution in [1.29, 1.82) is 0 Å². The van der Waals surface area contributed by atoms with Crippen molar-refractivity contribution in [1.82, 2.24) is 4.90 Å². The normalized spacial score (nSPS) is 16.3. The Labute approximate surface area is 146 Å². The predicted octanol–water partition coefficient (Wildman–Crippen LogP) is 5.89. The molecule has 0 radical (unpaired) electrons. The summed E-state index contributed by atoms with van der Waals surface area (Å²) in [5, 5.41) is 2.09. The third-order valence-corrected chi connectivity index (χ3v) is 5.42. The minimum absolute atomic E-state index is 0.399. The van der Waals surface area contributed by atoms with Crippen LogP contribution >= 0.6 is 11.8 Å². The number of benzene rings is 1. The van der Waals surface area contributed by atoms with Crippen molar-refractivity contribution in [2.45, 2.75) is 52.2 Å². The van der Waals surface area contributed by atoms with E-state index in [0.717, 1.165) is 13.1 Å². The molecule has 1 aliphatic rings. The average Bonchev–Trinajstić information content (AvgIpc) is 2.52. The highest BCUT2D eigenvalue weighted by Crippen LogP contribution is 2.31. The number of thioether (sulfide) groups is 1. The van der Waals surface area contributed by atoms with Crippen LogP contribution < -0.4 is 0 Å². The summed E-state index contributed by atoms with van der Waals surface area (Å²) >= 11 is 2.03. The molecule has 0 saturated carbocycles. The summed E-state index contributed by atoms with van der Waals surface area (Å²) in [4.78, 5) is 2.54. The van der Waals surface area contributed by atoms with Gasteiger partial charge in [-0.05, 0) is 36.3 Å². The molecule has 23 heavy (non-hydrogen) atoms. The van der Waals surface area contributed by atoms with Gasteiger partial charge in [-0.15, -0.1) is 11.8 Å². The Morgan fingerprint density at radius 2 is 1.91 bits per heavy atom. The molecule has 2 rings (SSSR count). The molecule has 1 heterocycles. The molecule has 0 spiro atoms. The molecule has 0 unspecified atom stereocenters. The summed E-state index contributed by atoms with van der Waals surface area (Å²) in [7, 11) is 0. The molecule has 0 N–H and O–H groups in total. The third kappa shape index (κ3) is 6.87. The van der Waals surface area contributed by atoms with Crippen molar-refractivity contribution < 1.29 is 0 Å². The lowest BCUT2D eigenvalue weighted by Crippen LogP contribution is -2.28. The Kier molecular flexibility index (Phi) is 6.83. The van der Waals surface area contributed by atoms with Gasteiger partial charge in [-0.2, -0.15) is 0 Å². The van der Waals surface area contributed by atoms with E-state index in [1.54, 1.807) is 0 Å². The zero-order chi connectivity index (χ0) is 16.7. The minimum Gasteiger partial charge on any atom is -0.363 e. The first kappa shape index (κ1) is 18.2. The van der Waals surface area contributed by atoms with Crippen molar-refractivity contribution in [3.8, 4) is 0 Å². The number of hydrogen-bond donors (Lipinski definition) is 0.